The van der Waals surface area contributed by atoms with Gasteiger partial charge in [-0.15, -0.1) is 0 Å². The van der Waals surface area contributed by atoms with Crippen LogP contribution in [0.2, 0.25) is 0 Å². The number of rotatable bonds is 1. The van der Waals surface area contributed by atoms with E-state index in [1.807, 2.05) is 11.8 Å². The summed E-state index contributed by atoms with van der Waals surface area (Å²) in [4.78, 5) is 14.1. The van der Waals surface area contributed by atoms with Crippen molar-refractivity contribution in [2.24, 2.45) is 0 Å². The first kappa shape index (κ1) is 9.82. The summed E-state index contributed by atoms with van der Waals surface area (Å²) < 4.78 is 0. The van der Waals surface area contributed by atoms with E-state index >= 15 is 0 Å². The van der Waals surface area contributed by atoms with Gasteiger partial charge in [-0.2, -0.15) is 11.8 Å². The Morgan fingerprint density at radius 2 is 2.13 bits per heavy atom. The van der Waals surface area contributed by atoms with Crippen LogP contribution in [-0.4, -0.2) is 40.6 Å². The number of nitrogens with one attached hydrogen (secondary N) is 1. The number of fused-ring (bicyclic) bond motifs is 2. The Bertz CT molecular complexity index is 265. The highest BCUT2D eigenvalue weighted by Gasteiger charge is 2.41. The highest BCUT2D eigenvalue weighted by Crippen LogP contribution is 2.37. The Balaban J connectivity index is 1.56. The van der Waals surface area contributed by atoms with Crippen molar-refractivity contribution in [1.82, 2.24) is 10.2 Å². The zero-order chi connectivity index (χ0) is 10.3. The van der Waals surface area contributed by atoms with Crippen molar-refractivity contribution >= 4 is 17.8 Å². The molecule has 84 valence electrons. The minimum atomic E-state index is 0.203. The molecule has 2 aliphatic heterocycles. The minimum Gasteiger partial charge on any atom is -0.335 e. The normalized spacial score (nSPS) is 35.1. The lowest BCUT2D eigenvalue weighted by atomic mass is 10.2. The Kier molecular flexibility index (Phi) is 2.54. The van der Waals surface area contributed by atoms with Gasteiger partial charge < -0.3 is 10.2 Å². The average Bonchev–Trinajstić information content (AvgIpc) is 2.93. The first-order valence-corrected chi connectivity index (χ1v) is 7.06. The Morgan fingerprint density at radius 1 is 1.33 bits per heavy atom. The third kappa shape index (κ3) is 1.84. The molecule has 0 aromatic rings. The van der Waals surface area contributed by atoms with E-state index in [2.05, 4.69) is 10.2 Å². The monoisotopic (exact) mass is 226 g/mol. The van der Waals surface area contributed by atoms with Crippen molar-refractivity contribution in [3.8, 4) is 0 Å². The molecule has 3 nitrogen and oxygen atoms in total. The molecular weight excluding hydrogens is 208 g/mol. The van der Waals surface area contributed by atoms with Gasteiger partial charge in [0.1, 0.15) is 0 Å². The molecule has 2 heterocycles. The Morgan fingerprint density at radius 3 is 2.73 bits per heavy atom. The van der Waals surface area contributed by atoms with E-state index in [4.69, 9.17) is 0 Å². The van der Waals surface area contributed by atoms with Crippen molar-refractivity contribution in [2.75, 3.05) is 12.3 Å². The molecule has 2 amide bonds. The third-order valence-electron chi connectivity index (χ3n) is 3.84. The van der Waals surface area contributed by atoms with Crippen LogP contribution in [0, 0.1) is 0 Å². The van der Waals surface area contributed by atoms with Crippen LogP contribution in [0.3, 0.4) is 0 Å². The van der Waals surface area contributed by atoms with Crippen LogP contribution < -0.4 is 5.32 Å². The van der Waals surface area contributed by atoms with Gasteiger partial charge in [0, 0.05) is 29.6 Å². The molecule has 3 aliphatic rings. The van der Waals surface area contributed by atoms with Crippen LogP contribution in [0.1, 0.15) is 32.1 Å². The largest absolute Gasteiger partial charge is 0.335 e. The molecule has 0 aromatic heterocycles. The molecule has 0 aromatic carbocycles. The highest BCUT2D eigenvalue weighted by molar-refractivity contribution is 8.00. The number of amides is 2. The van der Waals surface area contributed by atoms with Gasteiger partial charge >= 0.3 is 6.03 Å². The Hall–Kier alpha value is -0.380. The van der Waals surface area contributed by atoms with Gasteiger partial charge in [0.25, 0.3) is 0 Å². The van der Waals surface area contributed by atoms with E-state index < -0.39 is 0 Å². The van der Waals surface area contributed by atoms with Gasteiger partial charge in [0.15, 0.2) is 0 Å². The van der Waals surface area contributed by atoms with E-state index in [1.54, 1.807) is 0 Å². The minimum absolute atomic E-state index is 0.203. The SMILES string of the molecule is O=C(NC1CCCC1)N1C[C@H]2C[C@H]1CS2. The van der Waals surface area contributed by atoms with Crippen molar-refractivity contribution < 1.29 is 4.79 Å². The average molecular weight is 226 g/mol. The lowest BCUT2D eigenvalue weighted by molar-refractivity contribution is 0.192. The summed E-state index contributed by atoms with van der Waals surface area (Å²) in [5, 5.41) is 3.91. The number of nitrogens with zero attached hydrogens (tertiary/aromatic N) is 1. The number of urea groups is 1. The summed E-state index contributed by atoms with van der Waals surface area (Å²) in [6, 6.07) is 1.19. The van der Waals surface area contributed by atoms with Crippen LogP contribution >= 0.6 is 11.8 Å². The molecule has 1 saturated carbocycles. The van der Waals surface area contributed by atoms with Gasteiger partial charge in [-0.05, 0) is 19.3 Å². The molecule has 1 aliphatic carbocycles. The maximum Gasteiger partial charge on any atom is 0.317 e. The second-order valence-corrected chi connectivity index (χ2v) is 6.26. The summed E-state index contributed by atoms with van der Waals surface area (Å²) in [6.07, 6.45) is 6.16. The van der Waals surface area contributed by atoms with Crippen LogP contribution in [0.25, 0.3) is 0 Å². The first-order chi connectivity index (χ1) is 7.33. The molecule has 3 fully saturated rings. The number of likely N-dealkylation sites (tertiary alicyclic amines) is 1. The fraction of sp³-hybridized carbons (Fsp3) is 0.909. The number of hydrogen-bond donors (Lipinski definition) is 1. The van der Waals surface area contributed by atoms with Gasteiger partial charge in [-0.3, -0.25) is 0 Å². The van der Waals surface area contributed by atoms with Gasteiger partial charge in [0.2, 0.25) is 0 Å². The van der Waals surface area contributed by atoms with Gasteiger partial charge in [-0.25, -0.2) is 4.79 Å². The van der Waals surface area contributed by atoms with Crippen LogP contribution in [-0.2, 0) is 0 Å². The molecule has 15 heavy (non-hydrogen) atoms. The fourth-order valence-electron chi connectivity index (χ4n) is 2.98. The maximum absolute atomic E-state index is 12.0. The van der Waals surface area contributed by atoms with Crippen molar-refractivity contribution in [1.29, 1.82) is 0 Å². The summed E-state index contributed by atoms with van der Waals surface area (Å²) in [6.45, 7) is 0.980. The lowest BCUT2D eigenvalue weighted by Crippen LogP contribution is -2.48. The molecular formula is C11H18N2OS. The smallest absolute Gasteiger partial charge is 0.317 e. The quantitative estimate of drug-likeness (QED) is 0.740. The topological polar surface area (TPSA) is 32.3 Å². The zero-order valence-electron chi connectivity index (χ0n) is 8.95. The Labute approximate surface area is 95.0 Å². The third-order valence-corrected chi connectivity index (χ3v) is 5.23. The summed E-state index contributed by atoms with van der Waals surface area (Å²) in [7, 11) is 0. The summed E-state index contributed by atoms with van der Waals surface area (Å²) in [5.74, 6) is 1.16. The van der Waals surface area contributed by atoms with Crippen molar-refractivity contribution in [3.63, 3.8) is 0 Å². The molecule has 0 radical (unpaired) electrons. The van der Waals surface area contributed by atoms with Crippen LogP contribution in [0.15, 0.2) is 0 Å². The summed E-state index contributed by atoms with van der Waals surface area (Å²) >= 11 is 2.03. The molecule has 0 spiro atoms. The molecule has 2 bridgehead atoms. The number of carbonyl (C=O) groups excluding carboxylic acids is 1. The molecule has 2 saturated heterocycles. The highest BCUT2D eigenvalue weighted by atomic mass is 32.2. The zero-order valence-corrected chi connectivity index (χ0v) is 9.76. The van der Waals surface area contributed by atoms with E-state index in [0.717, 1.165) is 17.5 Å². The standard InChI is InChI=1S/C11H18N2OS/c14-11(12-8-3-1-2-4-8)13-6-10-5-9(13)7-15-10/h8-10H,1-7H2,(H,12,14)/t9-,10+/m0/s1. The molecule has 2 atom stereocenters. The second kappa shape index (κ2) is 3.89. The van der Waals surface area contributed by atoms with Crippen molar-refractivity contribution in [2.45, 2.75) is 49.4 Å². The number of carbonyl (C=O) groups is 1. The predicted molar refractivity (Wildman–Crippen MR) is 62.1 cm³/mol. The molecule has 1 N–H and O–H groups in total. The van der Waals surface area contributed by atoms with E-state index in [1.165, 1.54) is 32.1 Å². The van der Waals surface area contributed by atoms with E-state index in [-0.39, 0.29) is 6.03 Å². The summed E-state index contributed by atoms with van der Waals surface area (Å²) in [5.41, 5.74) is 0. The van der Waals surface area contributed by atoms with E-state index in [0.29, 0.717) is 12.1 Å². The molecule has 4 heteroatoms. The second-order valence-electron chi connectivity index (χ2n) is 4.93. The lowest BCUT2D eigenvalue weighted by Gasteiger charge is -2.28. The number of thioether (sulfide) groups is 1. The molecule has 3 rings (SSSR count). The fourth-order valence-corrected chi connectivity index (χ4v) is 4.41. The van der Waals surface area contributed by atoms with Crippen molar-refractivity contribution in [3.05, 3.63) is 0 Å². The van der Waals surface area contributed by atoms with E-state index in [9.17, 15) is 4.79 Å². The van der Waals surface area contributed by atoms with Crippen LogP contribution in [0.4, 0.5) is 4.79 Å². The molecule has 0 unspecified atom stereocenters. The number of hydrogen-bond acceptors (Lipinski definition) is 2. The predicted octanol–water partition coefficient (Wildman–Crippen LogP) is 1.83. The van der Waals surface area contributed by atoms with Crippen LogP contribution in [0.5, 0.6) is 0 Å². The first-order valence-electron chi connectivity index (χ1n) is 6.01. The van der Waals surface area contributed by atoms with Gasteiger partial charge in [-0.1, -0.05) is 12.8 Å². The van der Waals surface area contributed by atoms with Gasteiger partial charge in [0.05, 0.1) is 0 Å². The maximum atomic E-state index is 12.0.